The Hall–Kier alpha value is -4.91. The molecule has 0 radical (unpaired) electrons. The maximum atomic E-state index is 12.3. The lowest BCUT2D eigenvalue weighted by atomic mass is 9.98. The molecule has 0 aliphatic heterocycles. The van der Waals surface area contributed by atoms with Gasteiger partial charge < -0.3 is 18.9 Å². The molecule has 3 aromatic carbocycles. The van der Waals surface area contributed by atoms with E-state index in [1.807, 2.05) is 24.3 Å². The Morgan fingerprint density at radius 2 is 1.00 bits per heavy atom. The molecule has 0 aromatic heterocycles. The van der Waals surface area contributed by atoms with Gasteiger partial charge in [0.25, 0.3) is 0 Å². The van der Waals surface area contributed by atoms with Crippen LogP contribution < -0.4 is 18.9 Å². The van der Waals surface area contributed by atoms with Gasteiger partial charge in [0.05, 0.1) is 7.11 Å². The summed E-state index contributed by atoms with van der Waals surface area (Å²) in [6.07, 6.45) is 0. The van der Waals surface area contributed by atoms with Crippen LogP contribution in [0.3, 0.4) is 0 Å². The van der Waals surface area contributed by atoms with Gasteiger partial charge in [-0.2, -0.15) is 0 Å². The number of methoxy groups -OCH3 is 1. The number of hydrogen-bond donors (Lipinski definition) is 0. The number of carbonyl (C=O) groups excluding carboxylic acids is 3. The minimum absolute atomic E-state index is 0.184. The van der Waals surface area contributed by atoms with Gasteiger partial charge in [-0.05, 0) is 62.2 Å². The van der Waals surface area contributed by atoms with Crippen LogP contribution in [0.15, 0.2) is 97.1 Å². The highest BCUT2D eigenvalue weighted by Crippen LogP contribution is 2.39. The summed E-state index contributed by atoms with van der Waals surface area (Å²) in [5, 5.41) is 0. The molecule has 194 valence electrons. The summed E-state index contributed by atoms with van der Waals surface area (Å²) < 4.78 is 21.8. The summed E-state index contributed by atoms with van der Waals surface area (Å²) in [7, 11) is 1.55. The fourth-order valence-electron chi connectivity index (χ4n) is 3.26. The Bertz CT molecular complexity index is 1450. The van der Waals surface area contributed by atoms with Crippen molar-refractivity contribution in [3.8, 4) is 45.3 Å². The van der Waals surface area contributed by atoms with Crippen molar-refractivity contribution < 1.29 is 33.3 Å². The normalized spacial score (nSPS) is 10.2. The molecule has 7 heteroatoms. The van der Waals surface area contributed by atoms with Crippen molar-refractivity contribution in [2.45, 2.75) is 20.8 Å². The molecular formula is C31H28O7. The van der Waals surface area contributed by atoms with Crippen molar-refractivity contribution in [2.24, 2.45) is 0 Å². The SMILES string of the molecule is C=C(C)C(=O)Oc1ccc(-c2ccc(-c3ccc(OC(=O)C(=C)C)cc3OC(=O)C(=C)C)cc2OC)cc1. The summed E-state index contributed by atoms with van der Waals surface area (Å²) in [5.41, 5.74) is 3.65. The van der Waals surface area contributed by atoms with E-state index in [4.69, 9.17) is 18.9 Å². The monoisotopic (exact) mass is 512 g/mol. The van der Waals surface area contributed by atoms with E-state index in [0.717, 1.165) is 11.1 Å². The number of esters is 3. The molecule has 0 N–H and O–H groups in total. The predicted molar refractivity (Wildman–Crippen MR) is 145 cm³/mol. The van der Waals surface area contributed by atoms with Gasteiger partial charge in [-0.25, -0.2) is 14.4 Å². The van der Waals surface area contributed by atoms with Gasteiger partial charge in [0.15, 0.2) is 0 Å². The highest BCUT2D eigenvalue weighted by molar-refractivity contribution is 5.92. The zero-order valence-electron chi connectivity index (χ0n) is 21.8. The Kier molecular flexibility index (Phi) is 8.65. The molecule has 0 amide bonds. The minimum Gasteiger partial charge on any atom is -0.496 e. The summed E-state index contributed by atoms with van der Waals surface area (Å²) >= 11 is 0. The predicted octanol–water partition coefficient (Wildman–Crippen LogP) is 6.47. The fraction of sp³-hybridized carbons (Fsp3) is 0.129. The van der Waals surface area contributed by atoms with Gasteiger partial charge in [0.2, 0.25) is 0 Å². The van der Waals surface area contributed by atoms with Crippen LogP contribution in [0.25, 0.3) is 22.3 Å². The summed E-state index contributed by atoms with van der Waals surface area (Å²) in [6.45, 7) is 15.4. The molecule has 0 unspecified atom stereocenters. The lowest BCUT2D eigenvalue weighted by molar-refractivity contribution is -0.131. The minimum atomic E-state index is -0.620. The number of benzene rings is 3. The van der Waals surface area contributed by atoms with Crippen LogP contribution in [-0.2, 0) is 14.4 Å². The Morgan fingerprint density at radius 3 is 1.55 bits per heavy atom. The molecule has 0 fully saturated rings. The molecule has 0 saturated heterocycles. The van der Waals surface area contributed by atoms with Crippen LogP contribution in [0, 0.1) is 0 Å². The van der Waals surface area contributed by atoms with Gasteiger partial charge in [-0.15, -0.1) is 0 Å². The number of rotatable bonds is 9. The van der Waals surface area contributed by atoms with Crippen molar-refractivity contribution in [1.82, 2.24) is 0 Å². The van der Waals surface area contributed by atoms with E-state index in [-0.39, 0.29) is 22.6 Å². The molecule has 0 aliphatic carbocycles. The van der Waals surface area contributed by atoms with Gasteiger partial charge in [-0.1, -0.05) is 44.0 Å². The summed E-state index contributed by atoms with van der Waals surface area (Å²) in [6, 6.07) is 17.2. The molecule has 0 atom stereocenters. The first-order valence-corrected chi connectivity index (χ1v) is 11.6. The van der Waals surface area contributed by atoms with Crippen LogP contribution >= 0.6 is 0 Å². The molecule has 3 rings (SSSR count). The van der Waals surface area contributed by atoms with Crippen LogP contribution in [0.2, 0.25) is 0 Å². The van der Waals surface area contributed by atoms with Crippen molar-refractivity contribution in [1.29, 1.82) is 0 Å². The molecule has 0 heterocycles. The van der Waals surface area contributed by atoms with E-state index < -0.39 is 17.9 Å². The van der Waals surface area contributed by atoms with Crippen molar-refractivity contribution in [2.75, 3.05) is 7.11 Å². The topological polar surface area (TPSA) is 88.1 Å². The van der Waals surface area contributed by atoms with E-state index in [0.29, 0.717) is 28.2 Å². The lowest BCUT2D eigenvalue weighted by Crippen LogP contribution is -2.11. The third-order valence-electron chi connectivity index (χ3n) is 5.30. The zero-order valence-corrected chi connectivity index (χ0v) is 21.8. The quantitative estimate of drug-likeness (QED) is 0.184. The van der Waals surface area contributed by atoms with Crippen LogP contribution in [0.4, 0.5) is 0 Å². The number of ether oxygens (including phenoxy) is 4. The first kappa shape index (κ1) is 27.7. The van der Waals surface area contributed by atoms with Gasteiger partial charge in [0, 0.05) is 33.9 Å². The van der Waals surface area contributed by atoms with E-state index >= 15 is 0 Å². The van der Waals surface area contributed by atoms with Crippen molar-refractivity contribution in [3.63, 3.8) is 0 Å². The second kappa shape index (κ2) is 11.9. The number of hydrogen-bond acceptors (Lipinski definition) is 7. The molecule has 0 saturated carbocycles. The maximum Gasteiger partial charge on any atom is 0.338 e. The second-order valence-corrected chi connectivity index (χ2v) is 8.61. The Labute approximate surface area is 221 Å². The largest absolute Gasteiger partial charge is 0.496 e. The molecule has 38 heavy (non-hydrogen) atoms. The molecule has 3 aromatic rings. The van der Waals surface area contributed by atoms with Crippen LogP contribution in [0.5, 0.6) is 23.0 Å². The molecular weight excluding hydrogens is 484 g/mol. The van der Waals surface area contributed by atoms with E-state index in [2.05, 4.69) is 19.7 Å². The van der Waals surface area contributed by atoms with Gasteiger partial charge in [0.1, 0.15) is 23.0 Å². The highest BCUT2D eigenvalue weighted by Gasteiger charge is 2.17. The lowest BCUT2D eigenvalue weighted by Gasteiger charge is -2.15. The van der Waals surface area contributed by atoms with Gasteiger partial charge >= 0.3 is 17.9 Å². The Morgan fingerprint density at radius 1 is 0.553 bits per heavy atom. The van der Waals surface area contributed by atoms with Crippen LogP contribution in [0.1, 0.15) is 20.8 Å². The van der Waals surface area contributed by atoms with E-state index in [1.54, 1.807) is 44.4 Å². The first-order chi connectivity index (χ1) is 18.0. The third kappa shape index (κ3) is 6.64. The summed E-state index contributed by atoms with van der Waals surface area (Å²) in [4.78, 5) is 36.1. The smallest absolute Gasteiger partial charge is 0.338 e. The Balaban J connectivity index is 1.99. The first-order valence-electron chi connectivity index (χ1n) is 11.6. The highest BCUT2D eigenvalue weighted by atomic mass is 16.5. The van der Waals surface area contributed by atoms with Gasteiger partial charge in [-0.3, -0.25) is 0 Å². The van der Waals surface area contributed by atoms with Crippen LogP contribution in [-0.4, -0.2) is 25.0 Å². The molecule has 0 bridgehead atoms. The average molecular weight is 513 g/mol. The van der Waals surface area contributed by atoms with E-state index in [9.17, 15) is 14.4 Å². The maximum absolute atomic E-state index is 12.3. The molecule has 0 spiro atoms. The molecule has 7 nitrogen and oxygen atoms in total. The van der Waals surface area contributed by atoms with Crippen molar-refractivity contribution >= 4 is 17.9 Å². The summed E-state index contributed by atoms with van der Waals surface area (Å²) in [5.74, 6) is -0.376. The van der Waals surface area contributed by atoms with E-state index in [1.165, 1.54) is 19.9 Å². The fourth-order valence-corrected chi connectivity index (χ4v) is 3.26. The average Bonchev–Trinajstić information content (AvgIpc) is 2.88. The van der Waals surface area contributed by atoms with Crippen molar-refractivity contribution in [3.05, 3.63) is 97.1 Å². The standard InChI is InChI=1S/C31H28O7/c1-18(2)29(32)36-23-11-8-21(9-12-23)25-14-10-22(16-27(25)35-7)26-15-13-24(37-30(33)19(3)4)17-28(26)38-31(34)20(5)6/h8-17H,1,3,5H2,2,4,6-7H3. The number of carbonyl (C=O) groups is 3. The zero-order chi connectivity index (χ0) is 28.0. The molecule has 0 aliphatic rings. The third-order valence-corrected chi connectivity index (χ3v) is 5.30. The second-order valence-electron chi connectivity index (χ2n) is 8.61.